The summed E-state index contributed by atoms with van der Waals surface area (Å²) in [5.74, 6) is -0.503. The molecule has 134 valence electrons. The highest BCUT2D eigenvalue weighted by Crippen LogP contribution is 2.25. The third-order valence-electron chi connectivity index (χ3n) is 3.68. The maximum Gasteiger partial charge on any atom is 0.421 e. The molecule has 0 spiro atoms. The second-order valence-corrected chi connectivity index (χ2v) is 5.73. The van der Waals surface area contributed by atoms with Gasteiger partial charge in [-0.15, -0.1) is 0 Å². The molecule has 24 heavy (non-hydrogen) atoms. The summed E-state index contributed by atoms with van der Waals surface area (Å²) in [4.78, 5) is 25.9. The number of aromatic nitrogens is 1. The van der Waals surface area contributed by atoms with Crippen molar-refractivity contribution in [2.24, 2.45) is 0 Å². The number of morpholine rings is 1. The van der Waals surface area contributed by atoms with Crippen molar-refractivity contribution < 1.29 is 22.7 Å². The number of amides is 1. The van der Waals surface area contributed by atoms with Crippen molar-refractivity contribution in [3.05, 3.63) is 34.2 Å². The van der Waals surface area contributed by atoms with Gasteiger partial charge in [-0.25, -0.2) is 0 Å². The highest BCUT2D eigenvalue weighted by atomic mass is 19.4. The molecule has 0 radical (unpaired) electrons. The number of nitrogens with one attached hydrogen (secondary N) is 1. The summed E-state index contributed by atoms with van der Waals surface area (Å²) in [7, 11) is 0. The molecular formula is C15H20F3N3O3. The highest BCUT2D eigenvalue weighted by Gasteiger charge is 2.34. The predicted octanol–water partition coefficient (Wildman–Crippen LogP) is 0.704. The number of ether oxygens (including phenoxy) is 1. The van der Waals surface area contributed by atoms with Crippen LogP contribution in [-0.2, 0) is 22.3 Å². The van der Waals surface area contributed by atoms with Gasteiger partial charge in [0.2, 0.25) is 5.91 Å². The van der Waals surface area contributed by atoms with Gasteiger partial charge in [-0.05, 0) is 19.1 Å². The predicted molar refractivity (Wildman–Crippen MR) is 80.6 cm³/mol. The van der Waals surface area contributed by atoms with Gasteiger partial charge >= 0.3 is 6.18 Å². The molecule has 9 heteroatoms. The third kappa shape index (κ3) is 5.07. The summed E-state index contributed by atoms with van der Waals surface area (Å²) >= 11 is 0. The molecule has 0 unspecified atom stereocenters. The lowest BCUT2D eigenvalue weighted by atomic mass is 10.2. The number of carbonyl (C=O) groups is 1. The summed E-state index contributed by atoms with van der Waals surface area (Å²) in [5, 5.41) is 2.70. The molecule has 1 fully saturated rings. The van der Waals surface area contributed by atoms with Gasteiger partial charge in [0.05, 0.1) is 13.2 Å². The maximum atomic E-state index is 12.7. The normalized spacial score (nSPS) is 17.5. The second-order valence-electron chi connectivity index (χ2n) is 5.73. The van der Waals surface area contributed by atoms with E-state index in [4.69, 9.17) is 4.74 Å². The van der Waals surface area contributed by atoms with Crippen LogP contribution in [0, 0.1) is 0 Å². The first-order chi connectivity index (χ1) is 11.3. The van der Waals surface area contributed by atoms with E-state index in [-0.39, 0.29) is 6.04 Å². The van der Waals surface area contributed by atoms with Crippen LogP contribution >= 0.6 is 0 Å². The molecule has 1 N–H and O–H groups in total. The number of hydrogen-bond donors (Lipinski definition) is 1. The van der Waals surface area contributed by atoms with Crippen LogP contribution < -0.4 is 10.9 Å². The van der Waals surface area contributed by atoms with Gasteiger partial charge in [-0.2, -0.15) is 13.2 Å². The molecule has 1 amide bonds. The fraction of sp³-hybridized carbons (Fsp3) is 0.600. The van der Waals surface area contributed by atoms with Crippen molar-refractivity contribution in [3.63, 3.8) is 0 Å². The van der Waals surface area contributed by atoms with Crippen LogP contribution in [0.25, 0.3) is 0 Å². The monoisotopic (exact) mass is 347 g/mol. The van der Waals surface area contributed by atoms with Crippen molar-refractivity contribution in [2.75, 3.05) is 32.8 Å². The quantitative estimate of drug-likeness (QED) is 0.852. The fourth-order valence-electron chi connectivity index (χ4n) is 2.57. The van der Waals surface area contributed by atoms with Crippen LogP contribution in [0.1, 0.15) is 12.5 Å². The molecule has 0 bridgehead atoms. The van der Waals surface area contributed by atoms with Crippen LogP contribution in [-0.4, -0.2) is 54.3 Å². The number of nitrogens with zero attached hydrogens (tertiary/aromatic N) is 2. The number of pyridine rings is 1. The van der Waals surface area contributed by atoms with E-state index in [0.29, 0.717) is 25.8 Å². The van der Waals surface area contributed by atoms with Gasteiger partial charge in [0.15, 0.2) is 0 Å². The SMILES string of the molecule is C[C@@H](CN1CCOCC1)NC(=O)Cn1cccc(C(F)(F)F)c1=O. The van der Waals surface area contributed by atoms with E-state index < -0.39 is 29.8 Å². The van der Waals surface area contributed by atoms with E-state index >= 15 is 0 Å². The Morgan fingerprint density at radius 3 is 2.67 bits per heavy atom. The minimum atomic E-state index is -4.74. The number of alkyl halides is 3. The van der Waals surface area contributed by atoms with E-state index in [0.717, 1.165) is 23.7 Å². The van der Waals surface area contributed by atoms with Gasteiger partial charge in [-0.1, -0.05) is 0 Å². The Bertz CT molecular complexity index is 624. The first kappa shape index (κ1) is 18.5. The molecule has 1 aliphatic heterocycles. The fourth-order valence-corrected chi connectivity index (χ4v) is 2.57. The van der Waals surface area contributed by atoms with E-state index in [1.165, 1.54) is 6.20 Å². The molecular weight excluding hydrogens is 327 g/mol. The summed E-state index contributed by atoms with van der Waals surface area (Å²) in [5.41, 5.74) is -2.50. The largest absolute Gasteiger partial charge is 0.421 e. The molecule has 1 saturated heterocycles. The van der Waals surface area contributed by atoms with Crippen molar-refractivity contribution in [3.8, 4) is 0 Å². The highest BCUT2D eigenvalue weighted by molar-refractivity contribution is 5.76. The number of halogens is 3. The first-order valence-electron chi connectivity index (χ1n) is 7.63. The lowest BCUT2D eigenvalue weighted by molar-refractivity contribution is -0.139. The summed E-state index contributed by atoms with van der Waals surface area (Å²) in [6, 6.07) is 1.63. The van der Waals surface area contributed by atoms with Crippen molar-refractivity contribution in [2.45, 2.75) is 25.7 Å². The number of carbonyl (C=O) groups excluding carboxylic acids is 1. The summed E-state index contributed by atoms with van der Waals surface area (Å²) < 4.78 is 44.1. The molecule has 1 aliphatic rings. The zero-order chi connectivity index (χ0) is 17.7. The third-order valence-corrected chi connectivity index (χ3v) is 3.68. The minimum absolute atomic E-state index is 0.183. The molecule has 1 atom stereocenters. The molecule has 0 saturated carbocycles. The average Bonchev–Trinajstić information content (AvgIpc) is 2.49. The summed E-state index contributed by atoms with van der Waals surface area (Å²) in [6.07, 6.45) is -3.57. The second kappa shape index (κ2) is 7.80. The van der Waals surface area contributed by atoms with E-state index in [9.17, 15) is 22.8 Å². The van der Waals surface area contributed by atoms with Crippen LogP contribution in [0.5, 0.6) is 0 Å². The Morgan fingerprint density at radius 2 is 2.04 bits per heavy atom. The smallest absolute Gasteiger partial charge is 0.379 e. The number of rotatable bonds is 5. The van der Waals surface area contributed by atoms with Crippen LogP contribution in [0.15, 0.2) is 23.1 Å². The van der Waals surface area contributed by atoms with Gasteiger partial charge in [0.1, 0.15) is 12.1 Å². The van der Waals surface area contributed by atoms with Crippen molar-refractivity contribution in [1.82, 2.24) is 14.8 Å². The standard InChI is InChI=1S/C15H20F3N3O3/c1-11(9-20-5-7-24-8-6-20)19-13(22)10-21-4-2-3-12(14(21)23)15(16,17)18/h2-4,11H,5-10H2,1H3,(H,19,22)/t11-/m0/s1. The number of hydrogen-bond acceptors (Lipinski definition) is 4. The van der Waals surface area contributed by atoms with Crippen LogP contribution in [0.4, 0.5) is 13.2 Å². The van der Waals surface area contributed by atoms with Crippen LogP contribution in [0.2, 0.25) is 0 Å². The summed E-state index contributed by atoms with van der Waals surface area (Å²) in [6.45, 7) is 4.80. The Hall–Kier alpha value is -1.87. The molecule has 1 aromatic heterocycles. The Balaban J connectivity index is 1.93. The zero-order valence-corrected chi connectivity index (χ0v) is 13.3. The van der Waals surface area contributed by atoms with Gasteiger partial charge in [-0.3, -0.25) is 14.5 Å². The molecule has 2 rings (SSSR count). The topological polar surface area (TPSA) is 63.6 Å². The van der Waals surface area contributed by atoms with E-state index in [2.05, 4.69) is 10.2 Å². The van der Waals surface area contributed by atoms with Crippen LogP contribution in [0.3, 0.4) is 0 Å². The lowest BCUT2D eigenvalue weighted by Crippen LogP contribution is -2.47. The maximum absolute atomic E-state index is 12.7. The van der Waals surface area contributed by atoms with Crippen molar-refractivity contribution >= 4 is 5.91 Å². The molecule has 1 aromatic rings. The van der Waals surface area contributed by atoms with E-state index in [1.54, 1.807) is 0 Å². The average molecular weight is 347 g/mol. The Morgan fingerprint density at radius 1 is 1.38 bits per heavy atom. The Kier molecular flexibility index (Phi) is 6.00. The first-order valence-corrected chi connectivity index (χ1v) is 7.63. The van der Waals surface area contributed by atoms with Gasteiger partial charge < -0.3 is 14.6 Å². The minimum Gasteiger partial charge on any atom is -0.379 e. The molecule has 0 aromatic carbocycles. The molecule has 6 nitrogen and oxygen atoms in total. The molecule has 0 aliphatic carbocycles. The van der Waals surface area contributed by atoms with Gasteiger partial charge in [0, 0.05) is 31.9 Å². The molecule has 2 heterocycles. The zero-order valence-electron chi connectivity index (χ0n) is 13.3. The van der Waals surface area contributed by atoms with Crippen molar-refractivity contribution in [1.29, 1.82) is 0 Å². The lowest BCUT2D eigenvalue weighted by Gasteiger charge is -2.29. The Labute approximate surface area is 137 Å². The van der Waals surface area contributed by atoms with Gasteiger partial charge in [0.25, 0.3) is 5.56 Å². The van der Waals surface area contributed by atoms with E-state index in [1.807, 2.05) is 6.92 Å².